The van der Waals surface area contributed by atoms with Crippen molar-refractivity contribution in [2.75, 3.05) is 19.8 Å². The summed E-state index contributed by atoms with van der Waals surface area (Å²) < 4.78 is 16.9. The Balaban J connectivity index is 1.35. The van der Waals surface area contributed by atoms with Crippen LogP contribution in [0.2, 0.25) is 0 Å². The summed E-state index contributed by atoms with van der Waals surface area (Å²) in [5.74, 6) is 2.95. The van der Waals surface area contributed by atoms with Crippen LogP contribution in [0.15, 0.2) is 71.3 Å². The first-order valence-electron chi connectivity index (χ1n) is 9.08. The quantitative estimate of drug-likeness (QED) is 0.644. The molecule has 4 nitrogen and oxygen atoms in total. The Morgan fingerprint density at radius 3 is 2.54 bits per heavy atom. The summed E-state index contributed by atoms with van der Waals surface area (Å²) in [5, 5.41) is 3.53. The number of hydrogen-bond acceptors (Lipinski definition) is 4. The number of hydrogen-bond donors (Lipinski definition) is 1. The smallest absolute Gasteiger partial charge is 0.161 e. The maximum atomic E-state index is 5.67. The predicted molar refractivity (Wildman–Crippen MR) is 101 cm³/mol. The largest absolute Gasteiger partial charge is 0.486 e. The molecule has 0 amide bonds. The van der Waals surface area contributed by atoms with E-state index in [-0.39, 0.29) is 5.92 Å². The molecule has 1 aromatic heterocycles. The Kier molecular flexibility index (Phi) is 5.22. The Bertz CT molecular complexity index is 815. The highest BCUT2D eigenvalue weighted by molar-refractivity contribution is 5.43. The first-order valence-corrected chi connectivity index (χ1v) is 9.08. The molecule has 0 bridgehead atoms. The van der Waals surface area contributed by atoms with Gasteiger partial charge in [0.15, 0.2) is 11.5 Å². The standard InChI is InChI=1S/C22H23NO3/c1-2-5-18(6-3-1)19(20-7-4-12-24-20)10-11-23-16-17-8-9-21-22(15-17)26-14-13-25-21/h1-9,12,15,19,23H,10-11,13-14,16H2. The molecule has 0 spiro atoms. The maximum absolute atomic E-state index is 5.67. The fraction of sp³-hybridized carbons (Fsp3) is 0.273. The molecule has 1 atom stereocenters. The summed E-state index contributed by atoms with van der Waals surface area (Å²) >= 11 is 0. The Hall–Kier alpha value is -2.72. The number of furan rings is 1. The average molecular weight is 349 g/mol. The zero-order valence-electron chi connectivity index (χ0n) is 14.7. The predicted octanol–water partition coefficient (Wildman–Crippen LogP) is 4.36. The number of nitrogens with one attached hydrogen (secondary N) is 1. The van der Waals surface area contributed by atoms with Gasteiger partial charge >= 0.3 is 0 Å². The van der Waals surface area contributed by atoms with Crippen LogP contribution in [-0.4, -0.2) is 19.8 Å². The minimum absolute atomic E-state index is 0.263. The highest BCUT2D eigenvalue weighted by atomic mass is 16.6. The molecular formula is C22H23NO3. The molecule has 1 N–H and O–H groups in total. The van der Waals surface area contributed by atoms with E-state index in [2.05, 4.69) is 47.8 Å². The molecule has 1 unspecified atom stereocenters. The van der Waals surface area contributed by atoms with E-state index in [1.165, 1.54) is 11.1 Å². The van der Waals surface area contributed by atoms with Gasteiger partial charge in [-0.1, -0.05) is 36.4 Å². The third kappa shape index (κ3) is 3.92. The lowest BCUT2D eigenvalue weighted by atomic mass is 9.93. The van der Waals surface area contributed by atoms with Crippen molar-refractivity contribution in [3.63, 3.8) is 0 Å². The molecule has 1 aliphatic rings. The van der Waals surface area contributed by atoms with Gasteiger partial charge in [0.1, 0.15) is 19.0 Å². The van der Waals surface area contributed by atoms with Gasteiger partial charge in [0, 0.05) is 12.5 Å². The van der Waals surface area contributed by atoms with Crippen molar-refractivity contribution in [3.8, 4) is 11.5 Å². The summed E-state index contributed by atoms with van der Waals surface area (Å²) in [6.07, 6.45) is 2.72. The summed E-state index contributed by atoms with van der Waals surface area (Å²) in [6.45, 7) is 2.94. The molecular weight excluding hydrogens is 326 g/mol. The number of benzene rings is 2. The van der Waals surface area contributed by atoms with Crippen molar-refractivity contribution in [1.29, 1.82) is 0 Å². The number of fused-ring (bicyclic) bond motifs is 1. The lowest BCUT2D eigenvalue weighted by Crippen LogP contribution is -2.19. The Morgan fingerprint density at radius 1 is 0.885 bits per heavy atom. The van der Waals surface area contributed by atoms with Gasteiger partial charge < -0.3 is 19.2 Å². The van der Waals surface area contributed by atoms with Crippen molar-refractivity contribution >= 4 is 0 Å². The van der Waals surface area contributed by atoms with E-state index in [0.717, 1.165) is 36.8 Å². The molecule has 4 heteroatoms. The van der Waals surface area contributed by atoms with Crippen LogP contribution in [0.25, 0.3) is 0 Å². The second kappa shape index (κ2) is 8.11. The molecule has 0 fully saturated rings. The van der Waals surface area contributed by atoms with Gasteiger partial charge in [-0.25, -0.2) is 0 Å². The topological polar surface area (TPSA) is 43.6 Å². The first-order chi connectivity index (χ1) is 12.9. The third-order valence-electron chi connectivity index (χ3n) is 4.63. The Morgan fingerprint density at radius 2 is 1.73 bits per heavy atom. The van der Waals surface area contributed by atoms with E-state index < -0.39 is 0 Å². The molecule has 0 saturated carbocycles. The molecule has 26 heavy (non-hydrogen) atoms. The van der Waals surface area contributed by atoms with E-state index in [1.807, 2.05) is 18.2 Å². The molecule has 0 radical (unpaired) electrons. The van der Waals surface area contributed by atoms with Crippen LogP contribution in [0.1, 0.15) is 29.2 Å². The van der Waals surface area contributed by atoms with Crippen molar-refractivity contribution in [2.24, 2.45) is 0 Å². The lowest BCUT2D eigenvalue weighted by Gasteiger charge is -2.19. The van der Waals surface area contributed by atoms with Gasteiger partial charge in [0.2, 0.25) is 0 Å². The van der Waals surface area contributed by atoms with Crippen LogP contribution >= 0.6 is 0 Å². The highest BCUT2D eigenvalue weighted by Gasteiger charge is 2.16. The molecule has 134 valence electrons. The molecule has 1 aliphatic heterocycles. The summed E-state index contributed by atoms with van der Waals surface area (Å²) in [4.78, 5) is 0. The Labute approximate surface area is 153 Å². The van der Waals surface area contributed by atoms with Crippen molar-refractivity contribution in [2.45, 2.75) is 18.9 Å². The van der Waals surface area contributed by atoms with E-state index in [4.69, 9.17) is 13.9 Å². The fourth-order valence-electron chi connectivity index (χ4n) is 3.32. The maximum Gasteiger partial charge on any atom is 0.161 e. The minimum Gasteiger partial charge on any atom is -0.486 e. The highest BCUT2D eigenvalue weighted by Crippen LogP contribution is 2.31. The summed E-state index contributed by atoms with van der Waals surface area (Å²) in [6, 6.07) is 20.7. The second-order valence-electron chi connectivity index (χ2n) is 6.42. The fourth-order valence-corrected chi connectivity index (χ4v) is 3.32. The van der Waals surface area contributed by atoms with E-state index in [1.54, 1.807) is 6.26 Å². The molecule has 0 saturated heterocycles. The monoisotopic (exact) mass is 349 g/mol. The van der Waals surface area contributed by atoms with Gasteiger partial charge in [-0.05, 0) is 48.4 Å². The minimum atomic E-state index is 0.263. The summed E-state index contributed by atoms with van der Waals surface area (Å²) in [7, 11) is 0. The van der Waals surface area contributed by atoms with Gasteiger partial charge in [-0.2, -0.15) is 0 Å². The summed E-state index contributed by atoms with van der Waals surface area (Å²) in [5.41, 5.74) is 2.48. The van der Waals surface area contributed by atoms with Crippen LogP contribution in [0.5, 0.6) is 11.5 Å². The van der Waals surface area contributed by atoms with Crippen LogP contribution in [0, 0.1) is 0 Å². The molecule has 0 aliphatic carbocycles. The lowest BCUT2D eigenvalue weighted by molar-refractivity contribution is 0.171. The molecule has 2 aromatic carbocycles. The third-order valence-corrected chi connectivity index (χ3v) is 4.63. The molecule has 4 rings (SSSR count). The SMILES string of the molecule is c1ccc(C(CCNCc2ccc3c(c2)OCCO3)c2ccco2)cc1. The van der Waals surface area contributed by atoms with Crippen LogP contribution in [0.4, 0.5) is 0 Å². The van der Waals surface area contributed by atoms with E-state index in [9.17, 15) is 0 Å². The zero-order valence-corrected chi connectivity index (χ0v) is 14.7. The number of ether oxygens (including phenoxy) is 2. The van der Waals surface area contributed by atoms with Crippen LogP contribution < -0.4 is 14.8 Å². The van der Waals surface area contributed by atoms with E-state index >= 15 is 0 Å². The van der Waals surface area contributed by atoms with Crippen molar-refractivity contribution in [1.82, 2.24) is 5.32 Å². The normalized spacial score (nSPS) is 14.2. The molecule has 3 aromatic rings. The van der Waals surface area contributed by atoms with Gasteiger partial charge in [-0.15, -0.1) is 0 Å². The van der Waals surface area contributed by atoms with Crippen molar-refractivity contribution < 1.29 is 13.9 Å². The molecule has 2 heterocycles. The van der Waals surface area contributed by atoms with Gasteiger partial charge in [0.05, 0.1) is 6.26 Å². The number of rotatable bonds is 7. The van der Waals surface area contributed by atoms with Crippen molar-refractivity contribution in [3.05, 3.63) is 83.8 Å². The second-order valence-corrected chi connectivity index (χ2v) is 6.42. The van der Waals surface area contributed by atoms with Crippen LogP contribution in [-0.2, 0) is 6.54 Å². The first kappa shape index (κ1) is 16.7. The van der Waals surface area contributed by atoms with Crippen LogP contribution in [0.3, 0.4) is 0 Å². The average Bonchev–Trinajstić information content (AvgIpc) is 3.23. The van der Waals surface area contributed by atoms with Gasteiger partial charge in [0.25, 0.3) is 0 Å². The zero-order chi connectivity index (χ0) is 17.6. The van der Waals surface area contributed by atoms with E-state index in [0.29, 0.717) is 13.2 Å². The van der Waals surface area contributed by atoms with Gasteiger partial charge in [-0.3, -0.25) is 0 Å².